The molecule has 0 N–H and O–H groups in total. The van der Waals surface area contributed by atoms with Gasteiger partial charge in [-0.05, 0) is 44.0 Å². The molecule has 0 heterocycles. The van der Waals surface area contributed by atoms with E-state index in [1.54, 1.807) is 26.0 Å². The quantitative estimate of drug-likeness (QED) is 0.487. The first-order valence-electron chi connectivity index (χ1n) is 5.38. The molecule has 17 heavy (non-hydrogen) atoms. The molecule has 1 aromatic carbocycles. The fourth-order valence-electron chi connectivity index (χ4n) is 1.62. The summed E-state index contributed by atoms with van der Waals surface area (Å²) in [5.74, 6) is -0.327. The van der Waals surface area contributed by atoms with E-state index in [-0.39, 0.29) is 17.1 Å². The monoisotopic (exact) mass is 298 g/mol. The lowest BCUT2D eigenvalue weighted by Gasteiger charge is -2.10. The van der Waals surface area contributed by atoms with Gasteiger partial charge in [0.05, 0.1) is 17.5 Å². The first kappa shape index (κ1) is 13.9. The van der Waals surface area contributed by atoms with Crippen LogP contribution in [-0.2, 0) is 4.74 Å². The Hall–Kier alpha value is -1.16. The second-order valence-corrected chi connectivity index (χ2v) is 4.32. The highest BCUT2D eigenvalue weighted by molar-refractivity contribution is 9.09. The van der Waals surface area contributed by atoms with Crippen molar-refractivity contribution in [1.82, 2.24) is 0 Å². The van der Waals surface area contributed by atoms with Gasteiger partial charge in [-0.15, -0.1) is 0 Å². The topological polar surface area (TPSA) is 43.4 Å². The van der Waals surface area contributed by atoms with Crippen LogP contribution in [0.1, 0.15) is 38.8 Å². The van der Waals surface area contributed by atoms with Gasteiger partial charge in [0.1, 0.15) is 0 Å². The molecule has 4 heteroatoms. The minimum absolute atomic E-state index is 0.0148. The fraction of sp³-hybridized carbons (Fsp3) is 0.385. The van der Waals surface area contributed by atoms with Gasteiger partial charge < -0.3 is 4.74 Å². The largest absolute Gasteiger partial charge is 0.462 e. The summed E-state index contributed by atoms with van der Waals surface area (Å²) in [5.41, 5.74) is 2.73. The number of alkyl halides is 1. The zero-order valence-electron chi connectivity index (χ0n) is 10.2. The molecule has 0 saturated heterocycles. The van der Waals surface area contributed by atoms with Crippen LogP contribution in [0.25, 0.3) is 0 Å². The van der Waals surface area contributed by atoms with Crippen LogP contribution in [0.2, 0.25) is 0 Å². The molecular weight excluding hydrogens is 284 g/mol. The van der Waals surface area contributed by atoms with Crippen LogP contribution in [-0.4, -0.2) is 23.7 Å². The molecule has 92 valence electrons. The van der Waals surface area contributed by atoms with Gasteiger partial charge in [0, 0.05) is 5.56 Å². The fourth-order valence-corrected chi connectivity index (χ4v) is 1.92. The number of hydrogen-bond donors (Lipinski definition) is 0. The molecule has 0 saturated carbocycles. The van der Waals surface area contributed by atoms with Gasteiger partial charge in [0.2, 0.25) is 0 Å². The lowest BCUT2D eigenvalue weighted by Crippen LogP contribution is -2.10. The third kappa shape index (κ3) is 3.16. The third-order valence-corrected chi connectivity index (χ3v) is 3.00. The molecule has 3 nitrogen and oxygen atoms in total. The van der Waals surface area contributed by atoms with E-state index >= 15 is 0 Å². The molecule has 0 aliphatic heterocycles. The van der Waals surface area contributed by atoms with Crippen molar-refractivity contribution in [2.45, 2.75) is 20.8 Å². The number of benzene rings is 1. The molecule has 1 rings (SSSR count). The minimum atomic E-state index is -0.342. The van der Waals surface area contributed by atoms with Crippen molar-refractivity contribution in [1.29, 1.82) is 0 Å². The predicted octanol–water partition coefficient (Wildman–Crippen LogP) is 3.06. The van der Waals surface area contributed by atoms with Gasteiger partial charge in [-0.2, -0.15) is 0 Å². The van der Waals surface area contributed by atoms with Crippen LogP contribution in [0.3, 0.4) is 0 Å². The number of halogens is 1. The number of rotatable bonds is 4. The summed E-state index contributed by atoms with van der Waals surface area (Å²) < 4.78 is 4.96. The number of esters is 1. The maximum atomic E-state index is 11.7. The van der Waals surface area contributed by atoms with Crippen LogP contribution < -0.4 is 0 Å². The van der Waals surface area contributed by atoms with E-state index in [1.807, 2.05) is 6.92 Å². The van der Waals surface area contributed by atoms with E-state index in [0.29, 0.717) is 17.7 Å². The maximum absolute atomic E-state index is 11.7. The summed E-state index contributed by atoms with van der Waals surface area (Å²) in [7, 11) is 0. The number of aryl methyl sites for hydroxylation is 2. The minimum Gasteiger partial charge on any atom is -0.462 e. The molecule has 0 aliphatic rings. The summed E-state index contributed by atoms with van der Waals surface area (Å²) in [4.78, 5) is 23.3. The highest BCUT2D eigenvalue weighted by Gasteiger charge is 2.15. The van der Waals surface area contributed by atoms with E-state index in [9.17, 15) is 9.59 Å². The van der Waals surface area contributed by atoms with Crippen molar-refractivity contribution in [2.24, 2.45) is 0 Å². The summed E-state index contributed by atoms with van der Waals surface area (Å²) in [6, 6.07) is 3.45. The number of carbonyl (C=O) groups is 2. The Bertz CT molecular complexity index is 452. The second kappa shape index (κ2) is 5.96. The molecule has 0 unspecified atom stereocenters. The van der Waals surface area contributed by atoms with Crippen molar-refractivity contribution in [2.75, 3.05) is 11.9 Å². The molecule has 0 aliphatic carbocycles. The number of carbonyl (C=O) groups excluding carboxylic acids is 2. The van der Waals surface area contributed by atoms with E-state index in [1.165, 1.54) is 0 Å². The summed E-state index contributed by atoms with van der Waals surface area (Å²) >= 11 is 3.14. The van der Waals surface area contributed by atoms with Crippen molar-refractivity contribution in [3.05, 3.63) is 34.4 Å². The van der Waals surface area contributed by atoms with E-state index in [2.05, 4.69) is 15.9 Å². The lowest BCUT2D eigenvalue weighted by atomic mass is 9.98. The van der Waals surface area contributed by atoms with Crippen LogP contribution in [0.4, 0.5) is 0 Å². The van der Waals surface area contributed by atoms with E-state index < -0.39 is 0 Å². The zero-order valence-corrected chi connectivity index (χ0v) is 11.8. The molecule has 0 radical (unpaired) electrons. The summed E-state index contributed by atoms with van der Waals surface area (Å²) in [5, 5.41) is 0.284. The Labute approximate surface area is 109 Å². The Morgan fingerprint density at radius 2 is 1.71 bits per heavy atom. The Morgan fingerprint density at radius 1 is 1.18 bits per heavy atom. The average molecular weight is 299 g/mol. The van der Waals surface area contributed by atoms with Crippen LogP contribution >= 0.6 is 15.9 Å². The van der Waals surface area contributed by atoms with Crippen molar-refractivity contribution < 1.29 is 14.3 Å². The van der Waals surface area contributed by atoms with Crippen molar-refractivity contribution in [3.8, 4) is 0 Å². The number of hydrogen-bond acceptors (Lipinski definition) is 3. The van der Waals surface area contributed by atoms with Gasteiger partial charge in [0.15, 0.2) is 5.78 Å². The molecule has 0 spiro atoms. The first-order valence-corrected chi connectivity index (χ1v) is 6.51. The smallest absolute Gasteiger partial charge is 0.338 e. The van der Waals surface area contributed by atoms with Gasteiger partial charge in [-0.25, -0.2) is 4.79 Å². The van der Waals surface area contributed by atoms with Crippen LogP contribution in [0.15, 0.2) is 12.1 Å². The molecule has 0 amide bonds. The highest BCUT2D eigenvalue weighted by Crippen LogP contribution is 2.18. The molecule has 0 bridgehead atoms. The van der Waals surface area contributed by atoms with Gasteiger partial charge >= 0.3 is 5.97 Å². The Balaban J connectivity index is 3.18. The normalized spacial score (nSPS) is 10.1. The summed E-state index contributed by atoms with van der Waals surface area (Å²) in [6.45, 7) is 5.73. The van der Waals surface area contributed by atoms with Crippen LogP contribution in [0.5, 0.6) is 0 Å². The molecule has 0 fully saturated rings. The Kier molecular flexibility index (Phi) is 4.87. The van der Waals surface area contributed by atoms with Crippen molar-refractivity contribution in [3.63, 3.8) is 0 Å². The standard InChI is InChI=1S/C13H15BrO3/c1-4-17-13(16)11-6-8(2)10(5-9(11)3)12(15)7-14/h5-6H,4,7H2,1-3H3. The molecule has 0 aromatic heterocycles. The zero-order chi connectivity index (χ0) is 13.0. The molecule has 0 atom stereocenters. The van der Waals surface area contributed by atoms with Gasteiger partial charge in [-0.1, -0.05) is 15.9 Å². The van der Waals surface area contributed by atoms with Gasteiger partial charge in [-0.3, -0.25) is 4.79 Å². The first-order chi connectivity index (χ1) is 8.01. The van der Waals surface area contributed by atoms with E-state index in [4.69, 9.17) is 4.74 Å². The molecular formula is C13H15BrO3. The maximum Gasteiger partial charge on any atom is 0.338 e. The molecule has 1 aromatic rings. The number of Topliss-reactive ketones (excluding diaryl/α,β-unsaturated/α-hetero) is 1. The third-order valence-electron chi connectivity index (χ3n) is 2.49. The summed E-state index contributed by atoms with van der Waals surface area (Å²) in [6.07, 6.45) is 0. The predicted molar refractivity (Wildman–Crippen MR) is 70.0 cm³/mol. The van der Waals surface area contributed by atoms with Gasteiger partial charge in [0.25, 0.3) is 0 Å². The lowest BCUT2D eigenvalue weighted by molar-refractivity contribution is 0.0525. The number of ketones is 1. The SMILES string of the molecule is CCOC(=O)c1cc(C)c(C(=O)CBr)cc1C. The average Bonchev–Trinajstić information content (AvgIpc) is 2.30. The van der Waals surface area contributed by atoms with Crippen LogP contribution in [0, 0.1) is 13.8 Å². The number of ether oxygens (including phenoxy) is 1. The second-order valence-electron chi connectivity index (χ2n) is 3.76. The van der Waals surface area contributed by atoms with Crippen molar-refractivity contribution >= 4 is 27.7 Å². The Morgan fingerprint density at radius 3 is 2.24 bits per heavy atom. The van der Waals surface area contributed by atoms with E-state index in [0.717, 1.165) is 11.1 Å². The highest BCUT2D eigenvalue weighted by atomic mass is 79.9.